The molecular formula is C18H20N6O3. The molecule has 4 N–H and O–H groups in total. The lowest BCUT2D eigenvalue weighted by molar-refractivity contribution is -0.136. The molecule has 1 fully saturated rings. The van der Waals surface area contributed by atoms with E-state index in [1.54, 1.807) is 22.7 Å². The maximum Gasteiger partial charge on any atom is 0.255 e. The average molecular weight is 368 g/mol. The van der Waals surface area contributed by atoms with Gasteiger partial charge in [-0.2, -0.15) is 5.10 Å². The predicted molar refractivity (Wildman–Crippen MR) is 97.4 cm³/mol. The highest BCUT2D eigenvalue weighted by atomic mass is 16.2. The predicted octanol–water partition coefficient (Wildman–Crippen LogP) is 0.375. The molecule has 2 aliphatic heterocycles. The molecule has 2 aliphatic rings. The number of hydrogen-bond donors (Lipinski definition) is 3. The van der Waals surface area contributed by atoms with E-state index in [-0.39, 0.29) is 18.2 Å². The molecular weight excluding hydrogens is 348 g/mol. The van der Waals surface area contributed by atoms with E-state index in [1.165, 1.54) is 0 Å². The summed E-state index contributed by atoms with van der Waals surface area (Å²) < 4.78 is 1.56. The van der Waals surface area contributed by atoms with Crippen molar-refractivity contribution in [1.82, 2.24) is 20.0 Å². The van der Waals surface area contributed by atoms with Crippen LogP contribution in [0.25, 0.3) is 0 Å². The fraction of sp³-hybridized carbons (Fsp3) is 0.333. The maximum absolute atomic E-state index is 13.0. The Morgan fingerprint density at radius 2 is 2.15 bits per heavy atom. The SMILES string of the molecule is Cn1nc(NCc2cccc3c2C(=O)N(C2CCC(=O)NC2=O)C3)cc1N. The minimum Gasteiger partial charge on any atom is -0.384 e. The molecule has 0 saturated carbocycles. The van der Waals surface area contributed by atoms with E-state index in [4.69, 9.17) is 5.73 Å². The van der Waals surface area contributed by atoms with Gasteiger partial charge in [0.05, 0.1) is 0 Å². The molecule has 2 aromatic rings. The summed E-state index contributed by atoms with van der Waals surface area (Å²) in [5.41, 5.74) is 8.10. The molecule has 1 unspecified atom stereocenters. The van der Waals surface area contributed by atoms with Gasteiger partial charge in [0.2, 0.25) is 11.8 Å². The first-order valence-corrected chi connectivity index (χ1v) is 8.73. The van der Waals surface area contributed by atoms with Crippen LogP contribution in [0.4, 0.5) is 11.6 Å². The Bertz CT molecular complexity index is 931. The van der Waals surface area contributed by atoms with Gasteiger partial charge in [0.1, 0.15) is 17.7 Å². The van der Waals surface area contributed by atoms with Crippen LogP contribution in [0.1, 0.15) is 34.3 Å². The van der Waals surface area contributed by atoms with Gasteiger partial charge in [0.25, 0.3) is 5.91 Å². The first kappa shape index (κ1) is 17.1. The lowest BCUT2D eigenvalue weighted by Gasteiger charge is -2.29. The van der Waals surface area contributed by atoms with Crippen LogP contribution in [-0.4, -0.2) is 38.4 Å². The second-order valence-corrected chi connectivity index (χ2v) is 6.78. The van der Waals surface area contributed by atoms with Crippen molar-refractivity contribution in [2.75, 3.05) is 11.1 Å². The van der Waals surface area contributed by atoms with E-state index in [1.807, 2.05) is 18.2 Å². The highest BCUT2D eigenvalue weighted by molar-refractivity contribution is 6.06. The second-order valence-electron chi connectivity index (χ2n) is 6.78. The van der Waals surface area contributed by atoms with Crippen molar-refractivity contribution in [2.24, 2.45) is 7.05 Å². The highest BCUT2D eigenvalue weighted by Crippen LogP contribution is 2.30. The second kappa shape index (κ2) is 6.42. The number of nitrogen functional groups attached to an aromatic ring is 1. The summed E-state index contributed by atoms with van der Waals surface area (Å²) in [6.07, 6.45) is 0.594. The number of carbonyl (C=O) groups is 3. The van der Waals surface area contributed by atoms with Crippen LogP contribution < -0.4 is 16.4 Å². The summed E-state index contributed by atoms with van der Waals surface area (Å²) in [6.45, 7) is 0.777. The van der Waals surface area contributed by atoms with Crippen LogP contribution in [0.5, 0.6) is 0 Å². The Labute approximate surface area is 155 Å². The van der Waals surface area contributed by atoms with E-state index in [0.717, 1.165) is 11.1 Å². The maximum atomic E-state index is 13.0. The smallest absolute Gasteiger partial charge is 0.255 e. The molecule has 4 rings (SSSR count). The van der Waals surface area contributed by atoms with Gasteiger partial charge in [-0.15, -0.1) is 0 Å². The molecule has 3 heterocycles. The number of anilines is 2. The van der Waals surface area contributed by atoms with Gasteiger partial charge < -0.3 is 16.0 Å². The topological polar surface area (TPSA) is 122 Å². The number of nitrogens with two attached hydrogens (primary N) is 1. The number of piperidine rings is 1. The monoisotopic (exact) mass is 368 g/mol. The molecule has 0 radical (unpaired) electrons. The minimum absolute atomic E-state index is 0.183. The van der Waals surface area contributed by atoms with Crippen molar-refractivity contribution in [3.63, 3.8) is 0 Å². The molecule has 3 amide bonds. The van der Waals surface area contributed by atoms with Crippen LogP contribution >= 0.6 is 0 Å². The number of nitrogens with one attached hydrogen (secondary N) is 2. The van der Waals surface area contributed by atoms with Crippen molar-refractivity contribution >= 4 is 29.4 Å². The lowest BCUT2D eigenvalue weighted by Crippen LogP contribution is -2.52. The molecule has 9 nitrogen and oxygen atoms in total. The van der Waals surface area contributed by atoms with Crippen LogP contribution in [0.3, 0.4) is 0 Å². The zero-order chi connectivity index (χ0) is 19.1. The Morgan fingerprint density at radius 1 is 1.33 bits per heavy atom. The average Bonchev–Trinajstić information content (AvgIpc) is 3.13. The number of aromatic nitrogens is 2. The summed E-state index contributed by atoms with van der Waals surface area (Å²) in [5.74, 6) is 0.282. The summed E-state index contributed by atoms with van der Waals surface area (Å²) in [4.78, 5) is 38.1. The van der Waals surface area contributed by atoms with Gasteiger partial charge in [-0.25, -0.2) is 0 Å². The number of amides is 3. The van der Waals surface area contributed by atoms with Crippen molar-refractivity contribution < 1.29 is 14.4 Å². The number of benzene rings is 1. The van der Waals surface area contributed by atoms with Gasteiger partial charge in [-0.1, -0.05) is 18.2 Å². The third kappa shape index (κ3) is 3.01. The quantitative estimate of drug-likeness (QED) is 0.671. The van der Waals surface area contributed by atoms with Crippen LogP contribution in [0, 0.1) is 0 Å². The Morgan fingerprint density at radius 3 is 2.85 bits per heavy atom. The number of aryl methyl sites for hydroxylation is 1. The zero-order valence-corrected chi connectivity index (χ0v) is 14.9. The van der Waals surface area contributed by atoms with E-state index in [0.29, 0.717) is 36.7 Å². The first-order valence-electron chi connectivity index (χ1n) is 8.73. The Hall–Kier alpha value is -3.36. The molecule has 0 bridgehead atoms. The van der Waals surface area contributed by atoms with Gasteiger partial charge in [-0.3, -0.25) is 24.4 Å². The van der Waals surface area contributed by atoms with Gasteiger partial charge >= 0.3 is 0 Å². The molecule has 27 heavy (non-hydrogen) atoms. The number of nitrogens with zero attached hydrogens (tertiary/aromatic N) is 3. The van der Waals surface area contributed by atoms with E-state index >= 15 is 0 Å². The summed E-state index contributed by atoms with van der Waals surface area (Å²) in [6, 6.07) is 6.77. The summed E-state index contributed by atoms with van der Waals surface area (Å²) in [5, 5.41) is 9.73. The largest absolute Gasteiger partial charge is 0.384 e. The summed E-state index contributed by atoms with van der Waals surface area (Å²) >= 11 is 0. The standard InChI is InChI=1S/C18H20N6O3/c1-23-13(19)7-14(22-23)20-8-10-3-2-4-11-9-24(18(27)16(10)11)12-5-6-15(25)21-17(12)26/h2-4,7,12H,5-6,8-9,19H2,1H3,(H,20,22)(H,21,25,26). The van der Waals surface area contributed by atoms with Crippen molar-refractivity contribution in [3.05, 3.63) is 41.0 Å². The molecule has 1 aromatic carbocycles. The van der Waals surface area contributed by atoms with Crippen molar-refractivity contribution in [2.45, 2.75) is 32.0 Å². The highest BCUT2D eigenvalue weighted by Gasteiger charge is 2.39. The molecule has 0 spiro atoms. The van der Waals surface area contributed by atoms with Crippen LogP contribution in [0.15, 0.2) is 24.3 Å². The van der Waals surface area contributed by atoms with E-state index in [9.17, 15) is 14.4 Å². The first-order chi connectivity index (χ1) is 12.9. The van der Waals surface area contributed by atoms with Crippen LogP contribution in [-0.2, 0) is 29.7 Å². The minimum atomic E-state index is -0.612. The van der Waals surface area contributed by atoms with E-state index < -0.39 is 11.9 Å². The van der Waals surface area contributed by atoms with E-state index in [2.05, 4.69) is 15.7 Å². The molecule has 1 aromatic heterocycles. The Kier molecular flexibility index (Phi) is 4.06. The Balaban J connectivity index is 1.54. The lowest BCUT2D eigenvalue weighted by atomic mass is 10.0. The zero-order valence-electron chi connectivity index (χ0n) is 14.9. The van der Waals surface area contributed by atoms with Gasteiger partial charge in [-0.05, 0) is 17.5 Å². The fourth-order valence-electron chi connectivity index (χ4n) is 3.59. The fourth-order valence-corrected chi connectivity index (χ4v) is 3.59. The van der Waals surface area contributed by atoms with Crippen molar-refractivity contribution in [3.8, 4) is 0 Å². The number of imide groups is 1. The van der Waals surface area contributed by atoms with Crippen molar-refractivity contribution in [1.29, 1.82) is 0 Å². The molecule has 1 saturated heterocycles. The number of carbonyl (C=O) groups excluding carboxylic acids is 3. The number of hydrogen-bond acceptors (Lipinski definition) is 6. The van der Waals surface area contributed by atoms with Gasteiger partial charge in [0, 0.05) is 38.2 Å². The number of rotatable bonds is 4. The number of fused-ring (bicyclic) bond motifs is 1. The van der Waals surface area contributed by atoms with Gasteiger partial charge in [0.15, 0.2) is 0 Å². The molecule has 9 heteroatoms. The normalized spacial score (nSPS) is 19.2. The molecule has 140 valence electrons. The molecule has 1 atom stereocenters. The van der Waals surface area contributed by atoms with Crippen LogP contribution in [0.2, 0.25) is 0 Å². The third-order valence-corrected chi connectivity index (χ3v) is 5.01. The third-order valence-electron chi connectivity index (χ3n) is 5.01. The summed E-state index contributed by atoms with van der Waals surface area (Å²) in [7, 11) is 1.75. The molecule has 0 aliphatic carbocycles.